The number of benzene rings is 2. The zero-order valence-electron chi connectivity index (χ0n) is 15.8. The van der Waals surface area contributed by atoms with Gasteiger partial charge in [-0.25, -0.2) is 5.43 Å². The van der Waals surface area contributed by atoms with Crippen LogP contribution < -0.4 is 10.2 Å². The van der Waals surface area contributed by atoms with Crippen LogP contribution in [-0.2, 0) is 9.53 Å². The lowest BCUT2D eigenvalue weighted by atomic mass is 10.1. The fraction of sp³-hybridized carbons (Fsp3) is 0.286. The molecule has 1 saturated heterocycles. The van der Waals surface area contributed by atoms with Crippen LogP contribution in [0.15, 0.2) is 59.7 Å². The van der Waals surface area contributed by atoms with Crippen molar-refractivity contribution in [1.29, 1.82) is 0 Å². The number of ether oxygens (including phenoxy) is 2. The van der Waals surface area contributed by atoms with Crippen LogP contribution in [0.25, 0.3) is 0 Å². The van der Waals surface area contributed by atoms with E-state index >= 15 is 0 Å². The molecule has 0 atom stereocenters. The number of carbonyl (C=O) groups excluding carboxylic acids is 2. The van der Waals surface area contributed by atoms with E-state index in [2.05, 4.69) is 10.5 Å². The van der Waals surface area contributed by atoms with Crippen molar-refractivity contribution >= 4 is 17.5 Å². The minimum absolute atomic E-state index is 0.000445. The molecule has 2 aromatic carbocycles. The van der Waals surface area contributed by atoms with Gasteiger partial charge >= 0.3 is 0 Å². The maximum Gasteiger partial charge on any atom is 0.271 e. The van der Waals surface area contributed by atoms with Crippen LogP contribution in [-0.4, -0.2) is 55.3 Å². The number of nitrogens with one attached hydrogen (secondary N) is 1. The summed E-state index contributed by atoms with van der Waals surface area (Å²) in [6.45, 7) is 4.15. The van der Waals surface area contributed by atoms with Crippen molar-refractivity contribution in [2.45, 2.75) is 6.92 Å². The lowest BCUT2D eigenvalue weighted by molar-refractivity contribution is -0.137. The number of rotatable bonds is 6. The number of hydrazone groups is 1. The van der Waals surface area contributed by atoms with E-state index in [0.717, 1.165) is 5.56 Å². The zero-order valence-corrected chi connectivity index (χ0v) is 15.8. The molecular formula is C21H23N3O4. The molecule has 2 aromatic rings. The van der Waals surface area contributed by atoms with Gasteiger partial charge in [0.1, 0.15) is 5.75 Å². The Morgan fingerprint density at radius 1 is 1.04 bits per heavy atom. The summed E-state index contributed by atoms with van der Waals surface area (Å²) >= 11 is 0. The van der Waals surface area contributed by atoms with Gasteiger partial charge in [-0.2, -0.15) is 5.10 Å². The Bertz CT molecular complexity index is 828. The van der Waals surface area contributed by atoms with Gasteiger partial charge < -0.3 is 14.4 Å². The van der Waals surface area contributed by atoms with Crippen molar-refractivity contribution in [2.24, 2.45) is 5.10 Å². The van der Waals surface area contributed by atoms with Gasteiger partial charge in [-0.3, -0.25) is 9.59 Å². The molecule has 3 rings (SSSR count). The summed E-state index contributed by atoms with van der Waals surface area (Å²) in [4.78, 5) is 25.9. The third-order valence-electron chi connectivity index (χ3n) is 4.36. The van der Waals surface area contributed by atoms with Gasteiger partial charge in [0.15, 0.2) is 6.61 Å². The Morgan fingerprint density at radius 2 is 1.71 bits per heavy atom. The second-order valence-corrected chi connectivity index (χ2v) is 6.31. The fourth-order valence-corrected chi connectivity index (χ4v) is 2.69. The van der Waals surface area contributed by atoms with Crippen LogP contribution in [0, 0.1) is 0 Å². The quantitative estimate of drug-likeness (QED) is 0.614. The van der Waals surface area contributed by atoms with E-state index in [1.165, 1.54) is 0 Å². The van der Waals surface area contributed by atoms with Crippen molar-refractivity contribution in [2.75, 3.05) is 32.9 Å². The molecular weight excluding hydrogens is 358 g/mol. The highest BCUT2D eigenvalue weighted by atomic mass is 16.5. The topological polar surface area (TPSA) is 80.2 Å². The van der Waals surface area contributed by atoms with Gasteiger partial charge in [0.2, 0.25) is 0 Å². The van der Waals surface area contributed by atoms with Crippen LogP contribution in [0.3, 0.4) is 0 Å². The number of hydrogen-bond donors (Lipinski definition) is 1. The molecule has 7 nitrogen and oxygen atoms in total. The van der Waals surface area contributed by atoms with E-state index in [9.17, 15) is 9.59 Å². The van der Waals surface area contributed by atoms with Gasteiger partial charge in [-0.05, 0) is 48.9 Å². The van der Waals surface area contributed by atoms with E-state index < -0.39 is 0 Å². The molecule has 0 bridgehead atoms. The Balaban J connectivity index is 1.51. The fourth-order valence-electron chi connectivity index (χ4n) is 2.69. The molecule has 0 saturated carbocycles. The summed E-state index contributed by atoms with van der Waals surface area (Å²) in [6, 6.07) is 16.1. The first-order chi connectivity index (χ1) is 13.6. The summed E-state index contributed by atoms with van der Waals surface area (Å²) in [5.74, 6) is 0.293. The molecule has 2 amide bonds. The number of amides is 2. The van der Waals surface area contributed by atoms with Gasteiger partial charge in [0.05, 0.1) is 18.9 Å². The van der Waals surface area contributed by atoms with Crippen molar-refractivity contribution in [1.82, 2.24) is 10.3 Å². The van der Waals surface area contributed by atoms with E-state index in [0.29, 0.717) is 43.3 Å². The lowest BCUT2D eigenvalue weighted by Crippen LogP contribution is -2.42. The van der Waals surface area contributed by atoms with Crippen LogP contribution in [0.1, 0.15) is 22.8 Å². The Kier molecular flexibility index (Phi) is 6.75. The second-order valence-electron chi connectivity index (χ2n) is 6.31. The highest BCUT2D eigenvalue weighted by Gasteiger charge is 2.17. The second kappa shape index (κ2) is 9.66. The van der Waals surface area contributed by atoms with Crippen molar-refractivity contribution in [3.8, 4) is 5.75 Å². The summed E-state index contributed by atoms with van der Waals surface area (Å²) in [5, 5.41) is 4.14. The largest absolute Gasteiger partial charge is 0.484 e. The minimum atomic E-state index is -0.262. The highest BCUT2D eigenvalue weighted by molar-refractivity contribution is 6.00. The summed E-state index contributed by atoms with van der Waals surface area (Å²) in [5.41, 5.74) is 4.61. The first-order valence-electron chi connectivity index (χ1n) is 9.12. The van der Waals surface area contributed by atoms with Gasteiger partial charge in [0.25, 0.3) is 11.8 Å². The third-order valence-corrected chi connectivity index (χ3v) is 4.36. The van der Waals surface area contributed by atoms with Crippen molar-refractivity contribution < 1.29 is 19.1 Å². The van der Waals surface area contributed by atoms with E-state index in [1.54, 1.807) is 41.3 Å². The van der Waals surface area contributed by atoms with E-state index in [1.807, 2.05) is 25.1 Å². The first kappa shape index (κ1) is 19.6. The molecule has 1 fully saturated rings. The van der Waals surface area contributed by atoms with Gasteiger partial charge in [0, 0.05) is 18.7 Å². The maximum absolute atomic E-state index is 12.1. The molecule has 1 heterocycles. The first-order valence-corrected chi connectivity index (χ1v) is 9.12. The zero-order chi connectivity index (χ0) is 19.8. The minimum Gasteiger partial charge on any atom is -0.484 e. The molecule has 1 aliphatic heterocycles. The molecule has 0 spiro atoms. The summed E-state index contributed by atoms with van der Waals surface area (Å²) < 4.78 is 10.8. The van der Waals surface area contributed by atoms with Crippen molar-refractivity contribution in [3.63, 3.8) is 0 Å². The predicted molar refractivity (Wildman–Crippen MR) is 105 cm³/mol. The summed E-state index contributed by atoms with van der Waals surface area (Å²) in [6.07, 6.45) is 0. The number of carbonyl (C=O) groups is 2. The third kappa shape index (κ3) is 5.40. The molecule has 1 aliphatic rings. The van der Waals surface area contributed by atoms with Gasteiger partial charge in [-0.1, -0.05) is 18.2 Å². The van der Waals surface area contributed by atoms with E-state index in [4.69, 9.17) is 9.47 Å². The average Bonchev–Trinajstić information content (AvgIpc) is 2.77. The molecule has 0 radical (unpaired) electrons. The lowest BCUT2D eigenvalue weighted by Gasteiger charge is -2.26. The molecule has 28 heavy (non-hydrogen) atoms. The Morgan fingerprint density at radius 3 is 2.39 bits per heavy atom. The molecule has 0 unspecified atom stereocenters. The van der Waals surface area contributed by atoms with Crippen LogP contribution in [0.5, 0.6) is 5.75 Å². The molecule has 7 heteroatoms. The molecule has 0 aromatic heterocycles. The predicted octanol–water partition coefficient (Wildman–Crippen LogP) is 2.08. The monoisotopic (exact) mass is 381 g/mol. The van der Waals surface area contributed by atoms with E-state index in [-0.39, 0.29) is 18.4 Å². The number of nitrogens with zero attached hydrogens (tertiary/aromatic N) is 2. The molecule has 146 valence electrons. The number of morpholine rings is 1. The normalized spacial score (nSPS) is 14.5. The Labute approximate surface area is 163 Å². The van der Waals surface area contributed by atoms with Crippen LogP contribution in [0.2, 0.25) is 0 Å². The standard InChI is InChI=1S/C21H23N3O4/c1-16(22-23-21(26)18-5-3-2-4-6-18)17-7-9-19(10-8-17)28-15-20(25)24-11-13-27-14-12-24/h2-10H,11-15H2,1H3,(H,23,26)/b22-16-. The highest BCUT2D eigenvalue weighted by Crippen LogP contribution is 2.13. The smallest absolute Gasteiger partial charge is 0.271 e. The molecule has 1 N–H and O–H groups in total. The summed E-state index contributed by atoms with van der Waals surface area (Å²) in [7, 11) is 0. The van der Waals surface area contributed by atoms with Crippen LogP contribution >= 0.6 is 0 Å². The van der Waals surface area contributed by atoms with Crippen LogP contribution in [0.4, 0.5) is 0 Å². The average molecular weight is 381 g/mol. The van der Waals surface area contributed by atoms with Crippen molar-refractivity contribution in [3.05, 3.63) is 65.7 Å². The SMILES string of the molecule is C/C(=N/NC(=O)c1ccccc1)c1ccc(OCC(=O)N2CCOCC2)cc1. The molecule has 0 aliphatic carbocycles. The maximum atomic E-state index is 12.1. The number of hydrogen-bond acceptors (Lipinski definition) is 5. The Hall–Kier alpha value is -3.19. The van der Waals surface area contributed by atoms with Gasteiger partial charge in [-0.15, -0.1) is 0 Å².